The van der Waals surface area contributed by atoms with Crippen LogP contribution in [0.5, 0.6) is 0 Å². The molecule has 1 saturated carbocycles. The van der Waals surface area contributed by atoms with Gasteiger partial charge in [-0.25, -0.2) is 4.79 Å². The number of hydrogen-bond donors (Lipinski definition) is 0. The predicted octanol–water partition coefficient (Wildman–Crippen LogP) is 3.58. The molecule has 25 heavy (non-hydrogen) atoms. The maximum atomic E-state index is 13.0. The molecule has 0 amide bonds. The van der Waals surface area contributed by atoms with Crippen LogP contribution in [0, 0.1) is 0 Å². The fourth-order valence-electron chi connectivity index (χ4n) is 3.96. The molecule has 1 aromatic carbocycles. The summed E-state index contributed by atoms with van der Waals surface area (Å²) in [7, 11) is 3.27. The lowest BCUT2D eigenvalue weighted by atomic mass is 10.1. The molecule has 1 aliphatic rings. The first kappa shape index (κ1) is 16.4. The molecule has 0 atom stereocenters. The predicted molar refractivity (Wildman–Crippen MR) is 103 cm³/mol. The van der Waals surface area contributed by atoms with Crippen molar-refractivity contribution in [3.05, 3.63) is 55.8 Å². The summed E-state index contributed by atoms with van der Waals surface area (Å²) in [6.07, 6.45) is 6.60. The summed E-state index contributed by atoms with van der Waals surface area (Å²) in [5, 5.41) is 0.614. The van der Waals surface area contributed by atoms with Crippen LogP contribution in [0.3, 0.4) is 0 Å². The van der Waals surface area contributed by atoms with Crippen LogP contribution in [-0.2, 0) is 14.1 Å². The molecule has 0 saturated heterocycles. The van der Waals surface area contributed by atoms with Gasteiger partial charge in [-0.15, -0.1) is 0 Å². The third kappa shape index (κ3) is 2.42. The van der Waals surface area contributed by atoms with Crippen molar-refractivity contribution in [2.45, 2.75) is 31.7 Å². The first-order valence-electron chi connectivity index (χ1n) is 8.56. The molecule has 6 heteroatoms. The van der Waals surface area contributed by atoms with Gasteiger partial charge in [0.05, 0.1) is 16.6 Å². The lowest BCUT2D eigenvalue weighted by Gasteiger charge is -2.17. The Bertz CT molecular complexity index is 1080. The summed E-state index contributed by atoms with van der Waals surface area (Å²) in [5.41, 5.74) is 2.07. The smallest absolute Gasteiger partial charge is 0.330 e. The van der Waals surface area contributed by atoms with Gasteiger partial charge in [0.15, 0.2) is 0 Å². The maximum absolute atomic E-state index is 13.0. The Morgan fingerprint density at radius 2 is 1.72 bits per heavy atom. The second-order valence-corrected chi connectivity index (χ2v) is 7.62. The zero-order valence-electron chi connectivity index (χ0n) is 14.3. The number of aryl methyl sites for hydroxylation is 1. The first-order valence-corrected chi connectivity index (χ1v) is 9.35. The minimum Gasteiger partial charge on any atom is -0.342 e. The molecule has 3 aromatic rings. The number of halogens is 1. The summed E-state index contributed by atoms with van der Waals surface area (Å²) in [6, 6.07) is 8.32. The molecule has 0 bridgehead atoms. The van der Waals surface area contributed by atoms with Crippen molar-refractivity contribution in [1.82, 2.24) is 13.7 Å². The average molecular weight is 402 g/mol. The summed E-state index contributed by atoms with van der Waals surface area (Å²) in [6.45, 7) is 0. The highest BCUT2D eigenvalue weighted by atomic mass is 79.9. The molecule has 1 aliphatic carbocycles. The maximum Gasteiger partial charge on any atom is 0.330 e. The van der Waals surface area contributed by atoms with E-state index in [1.54, 1.807) is 18.7 Å². The van der Waals surface area contributed by atoms with Crippen molar-refractivity contribution in [2.24, 2.45) is 14.1 Å². The third-order valence-electron chi connectivity index (χ3n) is 5.31. The highest BCUT2D eigenvalue weighted by Gasteiger charge is 2.26. The van der Waals surface area contributed by atoms with Crippen molar-refractivity contribution < 1.29 is 0 Å². The second kappa shape index (κ2) is 6.02. The van der Waals surface area contributed by atoms with E-state index in [4.69, 9.17) is 0 Å². The van der Waals surface area contributed by atoms with Gasteiger partial charge in [-0.1, -0.05) is 47.0 Å². The van der Waals surface area contributed by atoms with Crippen LogP contribution in [-0.4, -0.2) is 13.7 Å². The Morgan fingerprint density at radius 1 is 1.04 bits per heavy atom. The zero-order chi connectivity index (χ0) is 17.7. The van der Waals surface area contributed by atoms with E-state index >= 15 is 0 Å². The monoisotopic (exact) mass is 401 g/mol. The Morgan fingerprint density at radius 3 is 2.40 bits per heavy atom. The van der Waals surface area contributed by atoms with Crippen LogP contribution in [0.15, 0.2) is 44.5 Å². The third-order valence-corrected chi connectivity index (χ3v) is 6.00. The number of hydrogen-bond acceptors (Lipinski definition) is 2. The molecule has 4 rings (SSSR count). The lowest BCUT2D eigenvalue weighted by molar-refractivity contribution is 0.526. The number of aromatic nitrogens is 3. The molecule has 0 unspecified atom stereocenters. The molecule has 0 spiro atoms. The molecular weight excluding hydrogens is 382 g/mol. The Kier molecular flexibility index (Phi) is 3.95. The van der Waals surface area contributed by atoms with Crippen LogP contribution in [0.4, 0.5) is 0 Å². The Labute approximate surface area is 153 Å². The fourth-order valence-corrected chi connectivity index (χ4v) is 4.43. The van der Waals surface area contributed by atoms with Crippen molar-refractivity contribution in [3.8, 4) is 11.3 Å². The molecular formula is C19H20BrN3O2. The quantitative estimate of drug-likeness (QED) is 0.658. The van der Waals surface area contributed by atoms with Crippen molar-refractivity contribution in [1.29, 1.82) is 0 Å². The molecule has 130 valence electrons. The summed E-state index contributed by atoms with van der Waals surface area (Å²) < 4.78 is 5.94. The number of benzene rings is 1. The van der Waals surface area contributed by atoms with Crippen molar-refractivity contribution >= 4 is 26.8 Å². The Balaban J connectivity index is 2.18. The van der Waals surface area contributed by atoms with Crippen LogP contribution in [0.25, 0.3) is 22.2 Å². The van der Waals surface area contributed by atoms with E-state index in [0.29, 0.717) is 16.9 Å². The minimum absolute atomic E-state index is 0.236. The lowest BCUT2D eigenvalue weighted by Crippen LogP contribution is -2.36. The van der Waals surface area contributed by atoms with Gasteiger partial charge < -0.3 is 4.57 Å². The van der Waals surface area contributed by atoms with Gasteiger partial charge in [-0.05, 0) is 18.9 Å². The van der Waals surface area contributed by atoms with Gasteiger partial charge in [0.2, 0.25) is 0 Å². The van der Waals surface area contributed by atoms with Crippen molar-refractivity contribution in [2.75, 3.05) is 0 Å². The molecule has 2 heterocycles. The normalized spacial score (nSPS) is 15.3. The van der Waals surface area contributed by atoms with E-state index in [9.17, 15) is 9.59 Å². The largest absolute Gasteiger partial charge is 0.342 e. The van der Waals surface area contributed by atoms with Gasteiger partial charge in [-0.2, -0.15) is 0 Å². The van der Waals surface area contributed by atoms with Crippen LogP contribution in [0.1, 0.15) is 31.7 Å². The van der Waals surface area contributed by atoms with Gasteiger partial charge in [0.25, 0.3) is 5.56 Å². The number of nitrogens with zero attached hydrogens (tertiary/aromatic N) is 3. The molecule has 0 N–H and O–H groups in total. The van der Waals surface area contributed by atoms with E-state index in [2.05, 4.69) is 20.5 Å². The van der Waals surface area contributed by atoms with E-state index in [1.165, 1.54) is 17.4 Å². The summed E-state index contributed by atoms with van der Waals surface area (Å²) in [5.74, 6) is 0. The average Bonchev–Trinajstić information content (AvgIpc) is 3.26. The highest BCUT2D eigenvalue weighted by Crippen LogP contribution is 2.39. The molecule has 1 fully saturated rings. The summed E-state index contributed by atoms with van der Waals surface area (Å²) >= 11 is 3.63. The minimum atomic E-state index is -0.292. The van der Waals surface area contributed by atoms with Gasteiger partial charge >= 0.3 is 5.69 Å². The van der Waals surface area contributed by atoms with Gasteiger partial charge in [0.1, 0.15) is 0 Å². The van der Waals surface area contributed by atoms with Crippen LogP contribution >= 0.6 is 15.9 Å². The van der Waals surface area contributed by atoms with Gasteiger partial charge in [0, 0.05) is 36.4 Å². The molecule has 2 aromatic heterocycles. The summed E-state index contributed by atoms with van der Waals surface area (Å²) in [4.78, 5) is 25.3. The highest BCUT2D eigenvalue weighted by molar-refractivity contribution is 9.10. The van der Waals surface area contributed by atoms with Crippen molar-refractivity contribution in [3.63, 3.8) is 0 Å². The second-order valence-electron chi connectivity index (χ2n) is 6.77. The Hall–Kier alpha value is -2.08. The number of fused-ring (bicyclic) bond motifs is 1. The standard InChI is InChI=1S/C19H20BrN3O2/c1-21-15-11-23(12-7-3-4-8-12)17(13-9-5-6-10-14(13)20)16(15)18(24)22(2)19(21)25/h5-6,9-12H,3-4,7-8H2,1-2H3. The van der Waals surface area contributed by atoms with E-state index in [1.807, 2.05) is 30.5 Å². The molecule has 0 aliphatic heterocycles. The SMILES string of the molecule is Cn1c(=O)c2c(-c3ccccc3Br)n(C3CCCC3)cc2n(C)c1=O. The van der Waals surface area contributed by atoms with Crippen LogP contribution in [0.2, 0.25) is 0 Å². The van der Waals surface area contributed by atoms with Gasteiger partial charge in [-0.3, -0.25) is 13.9 Å². The van der Waals surface area contributed by atoms with Crippen LogP contribution < -0.4 is 11.2 Å². The van der Waals surface area contributed by atoms with E-state index < -0.39 is 0 Å². The zero-order valence-corrected chi connectivity index (χ0v) is 15.9. The number of rotatable bonds is 2. The molecule has 5 nitrogen and oxygen atoms in total. The topological polar surface area (TPSA) is 48.9 Å². The van der Waals surface area contributed by atoms with E-state index in [0.717, 1.165) is 28.6 Å². The fraction of sp³-hybridized carbons (Fsp3) is 0.368. The van der Waals surface area contributed by atoms with E-state index in [-0.39, 0.29) is 11.2 Å². The molecule has 0 radical (unpaired) electrons. The first-order chi connectivity index (χ1) is 12.0.